The first kappa shape index (κ1) is 32.2. The van der Waals surface area contributed by atoms with Gasteiger partial charge in [0.25, 0.3) is 0 Å². The van der Waals surface area contributed by atoms with Crippen LogP contribution in [0, 0.1) is 5.41 Å². The molecule has 3 aromatic carbocycles. The lowest BCUT2D eigenvalue weighted by molar-refractivity contribution is -0.126. The number of carbonyl (C=O) groups is 2. The van der Waals surface area contributed by atoms with Crippen LogP contribution in [-0.4, -0.2) is 53.6 Å². The molecule has 0 radical (unpaired) electrons. The Bertz CT molecular complexity index is 1170. The number of amides is 2. The van der Waals surface area contributed by atoms with Crippen molar-refractivity contribution in [2.75, 3.05) is 24.6 Å². The molecule has 1 heterocycles. The van der Waals surface area contributed by atoms with Gasteiger partial charge in [-0.2, -0.15) is 13.5 Å². The molecule has 6 nitrogen and oxygen atoms in total. The van der Waals surface area contributed by atoms with Crippen molar-refractivity contribution in [1.82, 2.24) is 9.80 Å². The van der Waals surface area contributed by atoms with E-state index in [-0.39, 0.29) is 37.6 Å². The third kappa shape index (κ3) is 9.10. The Morgan fingerprint density at radius 1 is 0.829 bits per heavy atom. The quantitative estimate of drug-likeness (QED) is 0.279. The van der Waals surface area contributed by atoms with Crippen LogP contribution >= 0.6 is 13.5 Å². The fraction of sp³-hybridized carbons (Fsp3) is 0.412. The van der Waals surface area contributed by atoms with Gasteiger partial charge < -0.3 is 14.5 Å². The van der Waals surface area contributed by atoms with Crippen LogP contribution in [0.25, 0.3) is 0 Å². The molecule has 0 aromatic heterocycles. The molecule has 0 saturated carbocycles. The molecular formula is C34H45N3O3S. The maximum atomic E-state index is 13.4. The molecule has 1 aliphatic heterocycles. The summed E-state index contributed by atoms with van der Waals surface area (Å²) < 4.78 is 5.85. The zero-order chi connectivity index (χ0) is 28.5. The van der Waals surface area contributed by atoms with E-state index in [1.54, 1.807) is 4.90 Å². The maximum absolute atomic E-state index is 13.4. The number of carbonyl (C=O) groups excluding carboxylic acids is 2. The Morgan fingerprint density at radius 2 is 1.29 bits per heavy atom. The smallest absolute Gasteiger partial charge is 0.409 e. The van der Waals surface area contributed by atoms with E-state index in [2.05, 4.69) is 60.4 Å². The summed E-state index contributed by atoms with van der Waals surface area (Å²) in [5.74, 6) is 0.102. The molecule has 1 fully saturated rings. The lowest BCUT2D eigenvalue weighted by Crippen LogP contribution is -2.52. The monoisotopic (exact) mass is 575 g/mol. The summed E-state index contributed by atoms with van der Waals surface area (Å²) in [5, 5.41) is 0. The summed E-state index contributed by atoms with van der Waals surface area (Å²) in [7, 11) is 0. The molecule has 0 spiro atoms. The van der Waals surface area contributed by atoms with Gasteiger partial charge in [-0.1, -0.05) is 99.6 Å². The second-order valence-electron chi connectivity index (χ2n) is 11.8. The average Bonchev–Trinajstić information content (AvgIpc) is 2.97. The van der Waals surface area contributed by atoms with Crippen LogP contribution < -0.4 is 4.90 Å². The molecule has 0 N–H and O–H groups in total. The molecule has 1 aliphatic rings. The number of nitrogens with zero attached hydrogens (tertiary/aromatic N) is 3. The lowest BCUT2D eigenvalue weighted by Gasteiger charge is -2.40. The summed E-state index contributed by atoms with van der Waals surface area (Å²) in [4.78, 5) is 32.6. The molecule has 2 amide bonds. The first-order chi connectivity index (χ1) is 19.2. The zero-order valence-corrected chi connectivity index (χ0v) is 25.8. The number of hydrogen-bond donors (Lipinski definition) is 0. The van der Waals surface area contributed by atoms with E-state index in [4.69, 9.17) is 4.74 Å². The highest BCUT2D eigenvalue weighted by Crippen LogP contribution is 2.29. The number of anilines is 1. The SMILES string of the molecule is C[C@@H](COC(=O)N1CCC(N(C(=O)C(C)(C)C)c2ccccc2)CC1)N(Cc1ccccc1)Cc1ccccc1.S. The fourth-order valence-corrected chi connectivity index (χ4v) is 5.14. The van der Waals surface area contributed by atoms with Gasteiger partial charge in [0.1, 0.15) is 6.61 Å². The van der Waals surface area contributed by atoms with Gasteiger partial charge in [0.2, 0.25) is 5.91 Å². The molecule has 1 saturated heterocycles. The van der Waals surface area contributed by atoms with E-state index in [0.717, 1.165) is 31.6 Å². The number of ether oxygens (including phenoxy) is 1. The second kappa shape index (κ2) is 15.1. The van der Waals surface area contributed by atoms with Crippen LogP contribution in [-0.2, 0) is 22.6 Å². The summed E-state index contributed by atoms with van der Waals surface area (Å²) >= 11 is 0. The highest BCUT2D eigenvalue weighted by molar-refractivity contribution is 7.59. The number of hydrogen-bond acceptors (Lipinski definition) is 4. The Labute approximate surface area is 252 Å². The molecule has 1 atom stereocenters. The van der Waals surface area contributed by atoms with Gasteiger partial charge in [0.05, 0.1) is 0 Å². The van der Waals surface area contributed by atoms with E-state index in [1.165, 1.54) is 11.1 Å². The molecule has 220 valence electrons. The van der Waals surface area contributed by atoms with Gasteiger partial charge in [0, 0.05) is 49.4 Å². The standard InChI is InChI=1S/C34H43N3O3.H2S/c1-27(36(24-28-14-8-5-9-15-28)25-29-16-10-6-11-17-29)26-40-33(39)35-22-20-31(21-23-35)37(32(38)34(2,3)4)30-18-12-7-13-19-30;/h5-19,27,31H,20-26H2,1-4H3;1H2/t27-;/m0./s1. The topological polar surface area (TPSA) is 53.1 Å². The number of benzene rings is 3. The molecule has 0 unspecified atom stereocenters. The predicted molar refractivity (Wildman–Crippen MR) is 171 cm³/mol. The van der Waals surface area contributed by atoms with Crippen molar-refractivity contribution < 1.29 is 14.3 Å². The van der Waals surface area contributed by atoms with Gasteiger partial charge in [-0.15, -0.1) is 0 Å². The Hall–Kier alpha value is -3.29. The minimum absolute atomic E-state index is 0. The van der Waals surface area contributed by atoms with E-state index in [1.807, 2.05) is 68.1 Å². The molecule has 4 rings (SSSR count). The van der Waals surface area contributed by atoms with Crippen LogP contribution in [0.2, 0.25) is 0 Å². The summed E-state index contributed by atoms with van der Waals surface area (Å²) in [5.41, 5.74) is 2.88. The number of para-hydroxylation sites is 1. The van der Waals surface area contributed by atoms with E-state index in [9.17, 15) is 9.59 Å². The minimum atomic E-state index is -0.493. The van der Waals surface area contributed by atoms with Crippen LogP contribution in [0.1, 0.15) is 51.7 Å². The Balaban J connectivity index is 0.00000462. The Morgan fingerprint density at radius 3 is 1.76 bits per heavy atom. The van der Waals surface area contributed by atoms with Crippen molar-refractivity contribution in [1.29, 1.82) is 0 Å². The fourth-order valence-electron chi connectivity index (χ4n) is 5.14. The minimum Gasteiger partial charge on any atom is -0.448 e. The summed E-state index contributed by atoms with van der Waals surface area (Å²) in [6.07, 6.45) is 1.16. The first-order valence-corrected chi connectivity index (χ1v) is 14.3. The third-order valence-electron chi connectivity index (χ3n) is 7.51. The molecule has 0 bridgehead atoms. The summed E-state index contributed by atoms with van der Waals surface area (Å²) in [6.45, 7) is 11.0. The molecule has 7 heteroatoms. The largest absolute Gasteiger partial charge is 0.448 e. The van der Waals surface area contributed by atoms with E-state index in [0.29, 0.717) is 19.7 Å². The van der Waals surface area contributed by atoms with Crippen molar-refractivity contribution in [2.24, 2.45) is 5.41 Å². The normalized spacial score (nSPS) is 14.7. The van der Waals surface area contributed by atoms with E-state index >= 15 is 0 Å². The third-order valence-corrected chi connectivity index (χ3v) is 7.51. The Kier molecular flexibility index (Phi) is 11.9. The number of piperidine rings is 1. The number of likely N-dealkylation sites (tertiary alicyclic amines) is 1. The van der Waals surface area contributed by atoms with Gasteiger partial charge >= 0.3 is 6.09 Å². The second-order valence-corrected chi connectivity index (χ2v) is 11.8. The van der Waals surface area contributed by atoms with Gasteiger partial charge in [-0.3, -0.25) is 9.69 Å². The highest BCUT2D eigenvalue weighted by Gasteiger charge is 2.36. The molecular weight excluding hydrogens is 530 g/mol. The predicted octanol–water partition coefficient (Wildman–Crippen LogP) is 6.87. The van der Waals surface area contributed by atoms with Gasteiger partial charge in [-0.25, -0.2) is 4.79 Å². The van der Waals surface area contributed by atoms with Gasteiger partial charge in [-0.05, 0) is 43.0 Å². The van der Waals surface area contributed by atoms with Crippen molar-refractivity contribution in [3.63, 3.8) is 0 Å². The first-order valence-electron chi connectivity index (χ1n) is 14.3. The van der Waals surface area contributed by atoms with Crippen LogP contribution in [0.4, 0.5) is 10.5 Å². The van der Waals surface area contributed by atoms with Crippen LogP contribution in [0.3, 0.4) is 0 Å². The average molecular weight is 576 g/mol. The highest BCUT2D eigenvalue weighted by atomic mass is 32.1. The van der Waals surface area contributed by atoms with Crippen LogP contribution in [0.15, 0.2) is 91.0 Å². The zero-order valence-electron chi connectivity index (χ0n) is 24.8. The number of rotatable bonds is 9. The summed E-state index contributed by atoms with van der Waals surface area (Å²) in [6, 6.07) is 30.7. The molecule has 41 heavy (non-hydrogen) atoms. The van der Waals surface area contributed by atoms with Gasteiger partial charge in [0.15, 0.2) is 0 Å². The molecule has 0 aliphatic carbocycles. The van der Waals surface area contributed by atoms with Crippen molar-refractivity contribution in [3.8, 4) is 0 Å². The molecule has 3 aromatic rings. The van der Waals surface area contributed by atoms with E-state index < -0.39 is 5.41 Å². The maximum Gasteiger partial charge on any atom is 0.409 e. The lowest BCUT2D eigenvalue weighted by atomic mass is 9.91. The van der Waals surface area contributed by atoms with Crippen molar-refractivity contribution in [3.05, 3.63) is 102 Å². The van der Waals surface area contributed by atoms with Crippen molar-refractivity contribution >= 4 is 31.2 Å². The van der Waals surface area contributed by atoms with Crippen molar-refractivity contribution in [2.45, 2.75) is 65.7 Å². The van der Waals surface area contributed by atoms with Crippen LogP contribution in [0.5, 0.6) is 0 Å².